The van der Waals surface area contributed by atoms with E-state index in [1.807, 2.05) is 6.92 Å². The molecule has 0 atom stereocenters. The zero-order chi connectivity index (χ0) is 14.5. The largest absolute Gasteiger partial charge is 0.465 e. The Morgan fingerprint density at radius 1 is 1.32 bits per heavy atom. The van der Waals surface area contributed by atoms with Gasteiger partial charge in [0.2, 0.25) is 0 Å². The second-order valence-electron chi connectivity index (χ2n) is 3.91. The van der Waals surface area contributed by atoms with Gasteiger partial charge in [-0.15, -0.1) is 0 Å². The molecule has 0 bridgehead atoms. The van der Waals surface area contributed by atoms with Crippen LogP contribution in [0.4, 0.5) is 8.78 Å². The lowest BCUT2D eigenvalue weighted by Crippen LogP contribution is -2.20. The summed E-state index contributed by atoms with van der Waals surface area (Å²) in [5.74, 6) is -4.01. The van der Waals surface area contributed by atoms with E-state index in [2.05, 4.69) is 4.74 Å². The van der Waals surface area contributed by atoms with Gasteiger partial charge < -0.3 is 4.74 Å². The van der Waals surface area contributed by atoms with Crippen LogP contribution < -0.4 is 0 Å². The third kappa shape index (κ3) is 4.59. The fraction of sp³-hybridized carbons (Fsp3) is 0.417. The SMILES string of the molecule is CCCCOC(=O)CS(=O)(=O)c1ccc(F)cc1F. The summed E-state index contributed by atoms with van der Waals surface area (Å²) in [7, 11) is -4.16. The molecule has 4 nitrogen and oxygen atoms in total. The Bertz CT molecular complexity index is 555. The summed E-state index contributed by atoms with van der Waals surface area (Å²) >= 11 is 0. The smallest absolute Gasteiger partial charge is 0.321 e. The van der Waals surface area contributed by atoms with Crippen molar-refractivity contribution >= 4 is 15.8 Å². The Kier molecular flexibility index (Phi) is 5.41. The molecule has 0 aliphatic carbocycles. The summed E-state index contributed by atoms with van der Waals surface area (Å²) in [5.41, 5.74) is 0. The summed E-state index contributed by atoms with van der Waals surface area (Å²) in [6.07, 6.45) is 1.42. The van der Waals surface area contributed by atoms with E-state index < -0.39 is 38.1 Å². The molecule has 19 heavy (non-hydrogen) atoms. The molecule has 0 aromatic heterocycles. The topological polar surface area (TPSA) is 60.4 Å². The van der Waals surface area contributed by atoms with Crippen LogP contribution in [-0.2, 0) is 19.4 Å². The molecule has 1 aromatic carbocycles. The minimum absolute atomic E-state index is 0.122. The van der Waals surface area contributed by atoms with Crippen molar-refractivity contribution in [2.24, 2.45) is 0 Å². The number of halogens is 2. The monoisotopic (exact) mass is 292 g/mol. The summed E-state index contributed by atoms with van der Waals surface area (Å²) < 4.78 is 54.2. The first-order valence-corrected chi connectivity index (χ1v) is 7.35. The summed E-state index contributed by atoms with van der Waals surface area (Å²) in [6.45, 7) is 2.01. The molecule has 1 rings (SSSR count). The molecule has 0 spiro atoms. The van der Waals surface area contributed by atoms with Gasteiger partial charge in [-0.05, 0) is 18.6 Å². The van der Waals surface area contributed by atoms with Gasteiger partial charge in [-0.25, -0.2) is 17.2 Å². The van der Waals surface area contributed by atoms with Crippen LogP contribution in [0.15, 0.2) is 23.1 Å². The van der Waals surface area contributed by atoms with Crippen molar-refractivity contribution in [3.8, 4) is 0 Å². The predicted molar refractivity (Wildman–Crippen MR) is 64.3 cm³/mol. The van der Waals surface area contributed by atoms with E-state index in [1.165, 1.54) is 0 Å². The highest BCUT2D eigenvalue weighted by molar-refractivity contribution is 7.92. The highest BCUT2D eigenvalue weighted by atomic mass is 32.2. The van der Waals surface area contributed by atoms with Gasteiger partial charge in [0, 0.05) is 6.07 Å². The molecule has 0 radical (unpaired) electrons. The minimum atomic E-state index is -4.16. The first kappa shape index (κ1) is 15.6. The molecule has 0 aliphatic heterocycles. The van der Waals surface area contributed by atoms with Crippen LogP contribution in [0.1, 0.15) is 19.8 Å². The highest BCUT2D eigenvalue weighted by Gasteiger charge is 2.24. The summed E-state index contributed by atoms with van der Waals surface area (Å²) in [5, 5.41) is 0. The second-order valence-corrected chi connectivity index (χ2v) is 5.87. The molecular weight excluding hydrogens is 278 g/mol. The van der Waals surface area contributed by atoms with Crippen LogP contribution in [0.2, 0.25) is 0 Å². The van der Waals surface area contributed by atoms with Crippen LogP contribution in [0.25, 0.3) is 0 Å². The molecule has 0 saturated carbocycles. The number of ether oxygens (including phenoxy) is 1. The quantitative estimate of drug-likeness (QED) is 0.457. The first-order valence-electron chi connectivity index (χ1n) is 5.70. The number of hydrogen-bond donors (Lipinski definition) is 0. The van der Waals surface area contributed by atoms with E-state index >= 15 is 0 Å². The van der Waals surface area contributed by atoms with Crippen molar-refractivity contribution in [3.63, 3.8) is 0 Å². The van der Waals surface area contributed by atoms with E-state index in [0.717, 1.165) is 18.6 Å². The van der Waals surface area contributed by atoms with Crippen LogP contribution in [-0.4, -0.2) is 26.7 Å². The Morgan fingerprint density at radius 2 is 2.00 bits per heavy atom. The molecule has 106 valence electrons. The Labute approximate surface area is 110 Å². The molecule has 0 N–H and O–H groups in total. The molecule has 0 unspecified atom stereocenters. The van der Waals surface area contributed by atoms with Crippen molar-refractivity contribution in [3.05, 3.63) is 29.8 Å². The third-order valence-corrected chi connectivity index (χ3v) is 3.91. The van der Waals surface area contributed by atoms with E-state index in [0.29, 0.717) is 12.5 Å². The molecule has 0 amide bonds. The van der Waals surface area contributed by atoms with E-state index in [9.17, 15) is 22.0 Å². The number of carbonyl (C=O) groups excluding carboxylic acids is 1. The lowest BCUT2D eigenvalue weighted by atomic mass is 10.3. The lowest BCUT2D eigenvalue weighted by Gasteiger charge is -2.06. The van der Waals surface area contributed by atoms with Gasteiger partial charge in [-0.1, -0.05) is 13.3 Å². The van der Waals surface area contributed by atoms with Crippen molar-refractivity contribution in [1.29, 1.82) is 0 Å². The van der Waals surface area contributed by atoms with Gasteiger partial charge in [-0.3, -0.25) is 4.79 Å². The fourth-order valence-corrected chi connectivity index (χ4v) is 2.51. The molecule has 0 saturated heterocycles. The number of hydrogen-bond acceptors (Lipinski definition) is 4. The number of carbonyl (C=O) groups is 1. The minimum Gasteiger partial charge on any atom is -0.465 e. The lowest BCUT2D eigenvalue weighted by molar-refractivity contribution is -0.140. The van der Waals surface area contributed by atoms with Crippen LogP contribution in [0.3, 0.4) is 0 Å². The van der Waals surface area contributed by atoms with Crippen molar-refractivity contribution in [2.75, 3.05) is 12.4 Å². The standard InChI is InChI=1S/C12H14F2O4S/c1-2-3-6-18-12(15)8-19(16,17)11-5-4-9(13)7-10(11)14/h4-5,7H,2-3,6,8H2,1H3. The fourth-order valence-electron chi connectivity index (χ4n) is 1.33. The summed E-state index contributed by atoms with van der Waals surface area (Å²) in [4.78, 5) is 10.6. The average molecular weight is 292 g/mol. The number of esters is 1. The van der Waals surface area contributed by atoms with Crippen LogP contribution >= 0.6 is 0 Å². The number of benzene rings is 1. The highest BCUT2D eigenvalue weighted by Crippen LogP contribution is 2.17. The number of sulfone groups is 1. The van der Waals surface area contributed by atoms with Gasteiger partial charge in [0.05, 0.1) is 6.61 Å². The summed E-state index contributed by atoms with van der Waals surface area (Å²) in [6, 6.07) is 2.06. The second kappa shape index (κ2) is 6.60. The molecular formula is C12H14F2O4S. The van der Waals surface area contributed by atoms with E-state index in [4.69, 9.17) is 0 Å². The molecule has 0 aliphatic rings. The van der Waals surface area contributed by atoms with Crippen molar-refractivity contribution in [1.82, 2.24) is 0 Å². The normalized spacial score (nSPS) is 11.3. The maximum absolute atomic E-state index is 13.3. The van der Waals surface area contributed by atoms with E-state index in [1.54, 1.807) is 0 Å². The van der Waals surface area contributed by atoms with Crippen LogP contribution in [0, 0.1) is 11.6 Å². The van der Waals surface area contributed by atoms with Gasteiger partial charge in [0.1, 0.15) is 16.5 Å². The molecule has 7 heteroatoms. The zero-order valence-electron chi connectivity index (χ0n) is 10.4. The predicted octanol–water partition coefficient (Wildman–Crippen LogP) is 2.08. The van der Waals surface area contributed by atoms with Gasteiger partial charge in [0.25, 0.3) is 0 Å². The number of unbranched alkanes of at least 4 members (excludes halogenated alkanes) is 1. The number of rotatable bonds is 6. The van der Waals surface area contributed by atoms with Crippen molar-refractivity contribution in [2.45, 2.75) is 24.7 Å². The Balaban J connectivity index is 2.78. The van der Waals surface area contributed by atoms with Gasteiger partial charge in [0.15, 0.2) is 15.6 Å². The average Bonchev–Trinajstić information content (AvgIpc) is 2.27. The third-order valence-electron chi connectivity index (χ3n) is 2.30. The van der Waals surface area contributed by atoms with Gasteiger partial charge in [-0.2, -0.15) is 0 Å². The molecule has 1 aromatic rings. The zero-order valence-corrected chi connectivity index (χ0v) is 11.2. The Morgan fingerprint density at radius 3 is 2.58 bits per heavy atom. The molecule has 0 heterocycles. The van der Waals surface area contributed by atoms with Gasteiger partial charge >= 0.3 is 5.97 Å². The van der Waals surface area contributed by atoms with Crippen molar-refractivity contribution < 1.29 is 26.7 Å². The molecule has 0 fully saturated rings. The Hall–Kier alpha value is -1.50. The maximum atomic E-state index is 13.3. The van der Waals surface area contributed by atoms with E-state index in [-0.39, 0.29) is 6.61 Å². The maximum Gasteiger partial charge on any atom is 0.321 e. The first-order chi connectivity index (χ1) is 8.86. The van der Waals surface area contributed by atoms with Crippen LogP contribution in [0.5, 0.6) is 0 Å².